The molecule has 0 saturated heterocycles. The van der Waals surface area contributed by atoms with Crippen LogP contribution in [0.1, 0.15) is 31.2 Å². The second-order valence-corrected chi connectivity index (χ2v) is 5.22. The van der Waals surface area contributed by atoms with E-state index < -0.39 is 0 Å². The lowest BCUT2D eigenvalue weighted by molar-refractivity contribution is 0.671. The monoisotopic (exact) mass is 289 g/mol. The molecule has 0 aromatic heterocycles. The van der Waals surface area contributed by atoms with Crippen molar-refractivity contribution in [1.82, 2.24) is 0 Å². The van der Waals surface area contributed by atoms with Crippen LogP contribution in [0.25, 0.3) is 10.8 Å². The zero-order valence-electron chi connectivity index (χ0n) is 10.1. The minimum atomic E-state index is 1.13. The van der Waals surface area contributed by atoms with Gasteiger partial charge in [0.05, 0.1) is 0 Å². The summed E-state index contributed by atoms with van der Waals surface area (Å²) in [5.41, 5.74) is 1.35. The molecule has 0 fully saturated rings. The van der Waals surface area contributed by atoms with Gasteiger partial charge in [0.1, 0.15) is 0 Å². The molecule has 0 aliphatic heterocycles. The first-order valence-corrected chi connectivity index (χ1v) is 7.48. The van der Waals surface area contributed by atoms with Crippen LogP contribution in [-0.4, -0.2) is 5.33 Å². The van der Waals surface area contributed by atoms with Crippen molar-refractivity contribution in [3.63, 3.8) is 0 Å². The lowest BCUT2D eigenvalue weighted by Gasteiger charge is -2.03. The van der Waals surface area contributed by atoms with E-state index in [1.165, 1.54) is 42.0 Å². The van der Waals surface area contributed by atoms with Crippen LogP contribution >= 0.6 is 15.9 Å². The van der Waals surface area contributed by atoms with Crippen LogP contribution < -0.4 is 0 Å². The maximum absolute atomic E-state index is 3.51. The molecule has 0 atom stereocenters. The standard InChI is InChI=1S/C16H18Br/c17-12-6-2-1-3-7-14-10-11-15-8-4-5-9-16(15)13-14/h4-5,8-11H,1-3,6-7,12H2. The first kappa shape index (κ1) is 12.6. The van der Waals surface area contributed by atoms with Gasteiger partial charge in [0, 0.05) is 5.33 Å². The Labute approximate surface area is 112 Å². The molecule has 0 amide bonds. The van der Waals surface area contributed by atoms with Crippen LogP contribution in [0.5, 0.6) is 0 Å². The molecular formula is C16H18Br. The molecule has 2 aromatic carbocycles. The second kappa shape index (κ2) is 6.80. The van der Waals surface area contributed by atoms with E-state index in [0.29, 0.717) is 0 Å². The van der Waals surface area contributed by atoms with Gasteiger partial charge in [0.15, 0.2) is 0 Å². The average Bonchev–Trinajstić information content (AvgIpc) is 2.38. The number of benzene rings is 2. The van der Waals surface area contributed by atoms with Crippen molar-refractivity contribution in [2.45, 2.75) is 32.1 Å². The summed E-state index contributed by atoms with van der Waals surface area (Å²) in [6.07, 6.45) is 6.39. The summed E-state index contributed by atoms with van der Waals surface area (Å²) in [4.78, 5) is 0. The highest BCUT2D eigenvalue weighted by Crippen LogP contribution is 2.16. The molecule has 2 rings (SSSR count). The third kappa shape index (κ3) is 3.85. The van der Waals surface area contributed by atoms with Gasteiger partial charge >= 0.3 is 0 Å². The van der Waals surface area contributed by atoms with Crippen molar-refractivity contribution in [3.8, 4) is 0 Å². The highest BCUT2D eigenvalue weighted by atomic mass is 79.9. The highest BCUT2D eigenvalue weighted by molar-refractivity contribution is 9.09. The first-order valence-electron chi connectivity index (χ1n) is 6.36. The van der Waals surface area contributed by atoms with E-state index in [9.17, 15) is 0 Å². The zero-order chi connectivity index (χ0) is 11.9. The van der Waals surface area contributed by atoms with Crippen molar-refractivity contribution in [2.75, 3.05) is 5.33 Å². The molecule has 0 saturated carbocycles. The van der Waals surface area contributed by atoms with Crippen molar-refractivity contribution in [3.05, 3.63) is 48.0 Å². The number of rotatable bonds is 6. The molecule has 1 heteroatoms. The topological polar surface area (TPSA) is 0 Å². The molecule has 0 aliphatic rings. The molecule has 0 N–H and O–H groups in total. The van der Waals surface area contributed by atoms with Gasteiger partial charge in [0.2, 0.25) is 0 Å². The number of hydrogen-bond donors (Lipinski definition) is 0. The van der Waals surface area contributed by atoms with Gasteiger partial charge in [-0.15, -0.1) is 0 Å². The SMILES string of the molecule is BrCCCCCCc1[c]c2ccccc2cc1. The second-order valence-electron chi connectivity index (χ2n) is 4.42. The Kier molecular flexibility index (Phi) is 5.06. The minimum absolute atomic E-state index is 1.13. The molecule has 0 bridgehead atoms. The molecule has 0 heterocycles. The van der Waals surface area contributed by atoms with Crippen LogP contribution in [0.4, 0.5) is 0 Å². The number of aryl methyl sites for hydroxylation is 1. The number of halogens is 1. The van der Waals surface area contributed by atoms with Gasteiger partial charge in [-0.25, -0.2) is 0 Å². The zero-order valence-corrected chi connectivity index (χ0v) is 11.7. The molecule has 0 aliphatic carbocycles. The quantitative estimate of drug-likeness (QED) is 0.510. The van der Waals surface area contributed by atoms with Gasteiger partial charge in [-0.3, -0.25) is 0 Å². The number of unbranched alkanes of at least 4 members (excludes halogenated alkanes) is 3. The number of alkyl halides is 1. The van der Waals surface area contributed by atoms with Crippen LogP contribution in [-0.2, 0) is 6.42 Å². The predicted molar refractivity (Wildman–Crippen MR) is 78.8 cm³/mol. The lowest BCUT2D eigenvalue weighted by Crippen LogP contribution is -1.87. The van der Waals surface area contributed by atoms with E-state index in [4.69, 9.17) is 0 Å². The molecule has 2 aromatic rings. The molecule has 17 heavy (non-hydrogen) atoms. The number of fused-ring (bicyclic) bond motifs is 1. The minimum Gasteiger partial charge on any atom is -0.0928 e. The molecule has 1 radical (unpaired) electrons. The summed E-state index contributed by atoms with van der Waals surface area (Å²) in [5, 5.41) is 3.66. The van der Waals surface area contributed by atoms with E-state index in [1.54, 1.807) is 0 Å². The van der Waals surface area contributed by atoms with Crippen molar-refractivity contribution in [2.24, 2.45) is 0 Å². The van der Waals surface area contributed by atoms with Crippen LogP contribution in [0.15, 0.2) is 36.4 Å². The van der Waals surface area contributed by atoms with Gasteiger partial charge in [-0.1, -0.05) is 65.2 Å². The van der Waals surface area contributed by atoms with E-state index in [0.717, 1.165) is 11.8 Å². The molecule has 0 spiro atoms. The summed E-state index contributed by atoms with van der Waals surface area (Å²) in [6.45, 7) is 0. The summed E-state index contributed by atoms with van der Waals surface area (Å²) in [5.74, 6) is 0. The maximum atomic E-state index is 3.51. The summed E-state index contributed by atoms with van der Waals surface area (Å²) >= 11 is 3.47. The molecule has 89 valence electrons. The fourth-order valence-corrected chi connectivity index (χ4v) is 2.47. The van der Waals surface area contributed by atoms with Crippen LogP contribution in [0.3, 0.4) is 0 Å². The highest BCUT2D eigenvalue weighted by Gasteiger charge is 1.97. The normalized spacial score (nSPS) is 10.9. The Morgan fingerprint density at radius 2 is 1.71 bits per heavy atom. The Morgan fingerprint density at radius 3 is 2.59 bits per heavy atom. The van der Waals surface area contributed by atoms with Crippen molar-refractivity contribution in [1.29, 1.82) is 0 Å². The number of hydrogen-bond acceptors (Lipinski definition) is 0. The Hall–Kier alpha value is -0.820. The van der Waals surface area contributed by atoms with Gasteiger partial charge in [-0.05, 0) is 41.7 Å². The summed E-state index contributed by atoms with van der Waals surface area (Å²) < 4.78 is 0. The van der Waals surface area contributed by atoms with Crippen LogP contribution in [0, 0.1) is 6.07 Å². The third-order valence-corrected chi connectivity index (χ3v) is 3.61. The van der Waals surface area contributed by atoms with Crippen molar-refractivity contribution >= 4 is 26.7 Å². The molecule has 0 unspecified atom stereocenters. The third-order valence-electron chi connectivity index (χ3n) is 3.05. The van der Waals surface area contributed by atoms with Gasteiger partial charge < -0.3 is 0 Å². The van der Waals surface area contributed by atoms with E-state index in [1.807, 2.05) is 0 Å². The Balaban J connectivity index is 1.90. The molecular weight excluding hydrogens is 272 g/mol. The maximum Gasteiger partial charge on any atom is 0.00313 e. The summed E-state index contributed by atoms with van der Waals surface area (Å²) in [6, 6.07) is 16.4. The van der Waals surface area contributed by atoms with Gasteiger partial charge in [0.25, 0.3) is 0 Å². The van der Waals surface area contributed by atoms with E-state index >= 15 is 0 Å². The fraction of sp³-hybridized carbons (Fsp3) is 0.375. The smallest absolute Gasteiger partial charge is 0.00313 e. The molecule has 0 nitrogen and oxygen atoms in total. The predicted octanol–water partition coefficient (Wildman–Crippen LogP) is 5.14. The first-order chi connectivity index (χ1) is 8.40. The Morgan fingerprint density at radius 1 is 0.882 bits per heavy atom. The Bertz CT molecular complexity index is 462. The lowest BCUT2D eigenvalue weighted by atomic mass is 10.0. The fourth-order valence-electron chi connectivity index (χ4n) is 2.07. The average molecular weight is 290 g/mol. The largest absolute Gasteiger partial charge is 0.0928 e. The van der Waals surface area contributed by atoms with E-state index in [2.05, 4.69) is 58.4 Å². The van der Waals surface area contributed by atoms with Crippen molar-refractivity contribution < 1.29 is 0 Å². The summed E-state index contributed by atoms with van der Waals surface area (Å²) in [7, 11) is 0. The van der Waals surface area contributed by atoms with Crippen LogP contribution in [0.2, 0.25) is 0 Å². The van der Waals surface area contributed by atoms with Gasteiger partial charge in [-0.2, -0.15) is 0 Å². The van der Waals surface area contributed by atoms with E-state index in [-0.39, 0.29) is 0 Å².